The molecular weight excluding hydrogens is 432 g/mol. The maximum atomic E-state index is 12.8. The lowest BCUT2D eigenvalue weighted by Gasteiger charge is -2.28. The molecule has 1 saturated heterocycles. The van der Waals surface area contributed by atoms with Crippen molar-refractivity contribution in [2.45, 2.75) is 30.2 Å². The first-order chi connectivity index (χ1) is 16.0. The van der Waals surface area contributed by atoms with Crippen molar-refractivity contribution in [2.75, 3.05) is 20.1 Å². The second-order valence-corrected chi connectivity index (χ2v) is 10.4. The van der Waals surface area contributed by atoms with Gasteiger partial charge in [0.05, 0.1) is 0 Å². The molecule has 0 amide bonds. The van der Waals surface area contributed by atoms with Gasteiger partial charge in [0.2, 0.25) is 0 Å². The van der Waals surface area contributed by atoms with Crippen LogP contribution in [0.1, 0.15) is 29.9 Å². The van der Waals surface area contributed by atoms with Crippen molar-refractivity contribution in [3.63, 3.8) is 0 Å². The second-order valence-electron chi connectivity index (χ2n) is 8.80. The highest BCUT2D eigenvalue weighted by molar-refractivity contribution is 7.87. The number of aromatic nitrogens is 1. The molecule has 0 saturated carbocycles. The van der Waals surface area contributed by atoms with Crippen molar-refractivity contribution in [3.8, 4) is 5.75 Å². The van der Waals surface area contributed by atoms with Crippen LogP contribution in [0.4, 0.5) is 0 Å². The van der Waals surface area contributed by atoms with Crippen LogP contribution in [-0.4, -0.2) is 38.0 Å². The minimum Gasteiger partial charge on any atom is -0.379 e. The third kappa shape index (κ3) is 4.68. The molecule has 2 heterocycles. The van der Waals surface area contributed by atoms with E-state index in [2.05, 4.69) is 47.0 Å². The number of piperidine rings is 1. The van der Waals surface area contributed by atoms with E-state index >= 15 is 0 Å². The largest absolute Gasteiger partial charge is 0.379 e. The average molecular weight is 461 g/mol. The zero-order valence-corrected chi connectivity index (χ0v) is 19.5. The summed E-state index contributed by atoms with van der Waals surface area (Å²) in [5.74, 6) is 0.791. The van der Waals surface area contributed by atoms with E-state index in [1.54, 1.807) is 36.4 Å². The van der Waals surface area contributed by atoms with E-state index < -0.39 is 10.1 Å². The maximum absolute atomic E-state index is 12.8. The number of nitrogens with zero attached hydrogens (tertiary/aromatic N) is 2. The lowest BCUT2D eigenvalue weighted by molar-refractivity contribution is 0.256. The Balaban J connectivity index is 1.53. The summed E-state index contributed by atoms with van der Waals surface area (Å²) < 4.78 is 33.4. The number of rotatable bonds is 6. The number of benzene rings is 3. The molecule has 0 spiro atoms. The molecule has 6 heteroatoms. The fourth-order valence-electron chi connectivity index (χ4n) is 4.67. The number of hydrogen-bond donors (Lipinski definition) is 0. The monoisotopic (exact) mass is 460 g/mol. The predicted molar refractivity (Wildman–Crippen MR) is 131 cm³/mol. The van der Waals surface area contributed by atoms with Crippen LogP contribution in [0.3, 0.4) is 0 Å². The quantitative estimate of drug-likeness (QED) is 0.368. The third-order valence-corrected chi connectivity index (χ3v) is 7.74. The summed E-state index contributed by atoms with van der Waals surface area (Å²) >= 11 is 0. The highest BCUT2D eigenvalue weighted by atomic mass is 32.2. The molecule has 0 aliphatic carbocycles. The molecule has 170 valence electrons. The SMILES string of the molecule is CN1CCC(c2cn(Cc3ccccc3)c3ccc(OS(=O)(=O)c4ccccc4)cc23)CC1. The smallest absolute Gasteiger partial charge is 0.339 e. The molecular formula is C27H28N2O3S. The first-order valence-corrected chi connectivity index (χ1v) is 12.8. The highest BCUT2D eigenvalue weighted by Gasteiger charge is 2.24. The first-order valence-electron chi connectivity index (χ1n) is 11.3. The third-order valence-electron chi connectivity index (χ3n) is 6.48. The molecule has 1 aromatic heterocycles. The van der Waals surface area contributed by atoms with Crippen LogP contribution in [0, 0.1) is 0 Å². The molecule has 1 aliphatic rings. The summed E-state index contributed by atoms with van der Waals surface area (Å²) in [6, 6.07) is 24.3. The molecule has 0 radical (unpaired) electrons. The van der Waals surface area contributed by atoms with Crippen LogP contribution >= 0.6 is 0 Å². The van der Waals surface area contributed by atoms with E-state index in [1.807, 2.05) is 18.2 Å². The van der Waals surface area contributed by atoms with E-state index in [4.69, 9.17) is 4.18 Å². The Morgan fingerprint density at radius 1 is 0.909 bits per heavy atom. The first kappa shape index (κ1) is 21.7. The fourth-order valence-corrected chi connectivity index (χ4v) is 5.62. The lowest BCUT2D eigenvalue weighted by atomic mass is 9.89. The number of hydrogen-bond acceptors (Lipinski definition) is 4. The van der Waals surface area contributed by atoms with Gasteiger partial charge in [-0.3, -0.25) is 0 Å². The summed E-state index contributed by atoms with van der Waals surface area (Å²) in [4.78, 5) is 2.52. The van der Waals surface area contributed by atoms with Crippen LogP contribution < -0.4 is 4.18 Å². The Morgan fingerprint density at radius 2 is 1.58 bits per heavy atom. The summed E-state index contributed by atoms with van der Waals surface area (Å²) in [6.45, 7) is 2.90. The van der Waals surface area contributed by atoms with E-state index in [-0.39, 0.29) is 4.90 Å². The van der Waals surface area contributed by atoms with Gasteiger partial charge in [-0.1, -0.05) is 48.5 Å². The highest BCUT2D eigenvalue weighted by Crippen LogP contribution is 2.36. The summed E-state index contributed by atoms with van der Waals surface area (Å²) in [5.41, 5.74) is 3.60. The van der Waals surface area contributed by atoms with E-state index in [0.29, 0.717) is 11.7 Å². The van der Waals surface area contributed by atoms with Crippen molar-refractivity contribution in [3.05, 3.63) is 96.2 Å². The summed E-state index contributed by atoms with van der Waals surface area (Å²) in [5, 5.41) is 1.07. The standard InChI is InChI=1S/C27H28N2O3S/c1-28-16-14-22(15-17-28)26-20-29(19-21-8-4-2-5-9-21)27-13-12-23(18-25(26)27)32-33(30,31)24-10-6-3-7-11-24/h2-13,18,20,22H,14-17,19H2,1H3. The summed E-state index contributed by atoms with van der Waals surface area (Å²) in [6.07, 6.45) is 4.44. The van der Waals surface area contributed by atoms with Gasteiger partial charge in [-0.25, -0.2) is 0 Å². The van der Waals surface area contributed by atoms with Crippen molar-refractivity contribution in [1.82, 2.24) is 9.47 Å². The van der Waals surface area contributed by atoms with Crippen LogP contribution in [0.25, 0.3) is 10.9 Å². The number of fused-ring (bicyclic) bond motifs is 1. The average Bonchev–Trinajstić information content (AvgIpc) is 3.18. The summed E-state index contributed by atoms with van der Waals surface area (Å²) in [7, 11) is -1.72. The predicted octanol–water partition coefficient (Wildman–Crippen LogP) is 5.27. The zero-order chi connectivity index (χ0) is 22.8. The van der Waals surface area contributed by atoms with Gasteiger partial charge in [-0.05, 0) is 80.4 Å². The van der Waals surface area contributed by atoms with Gasteiger partial charge in [-0.2, -0.15) is 8.42 Å². The van der Waals surface area contributed by atoms with Crippen LogP contribution in [0.15, 0.2) is 90.0 Å². The van der Waals surface area contributed by atoms with Gasteiger partial charge in [0.25, 0.3) is 0 Å². The van der Waals surface area contributed by atoms with E-state index in [0.717, 1.165) is 43.4 Å². The number of likely N-dealkylation sites (tertiary alicyclic amines) is 1. The Bertz CT molecular complexity index is 1340. The Hall–Kier alpha value is -3.09. The fraction of sp³-hybridized carbons (Fsp3) is 0.259. The maximum Gasteiger partial charge on any atom is 0.339 e. The van der Waals surface area contributed by atoms with Crippen molar-refractivity contribution in [2.24, 2.45) is 0 Å². The Morgan fingerprint density at radius 3 is 2.27 bits per heavy atom. The van der Waals surface area contributed by atoms with E-state index in [1.165, 1.54) is 11.1 Å². The van der Waals surface area contributed by atoms with Crippen molar-refractivity contribution in [1.29, 1.82) is 0 Å². The normalized spacial score (nSPS) is 15.7. The Labute approximate surface area is 195 Å². The van der Waals surface area contributed by atoms with Gasteiger partial charge < -0.3 is 13.7 Å². The Kier molecular flexibility index (Phi) is 5.96. The van der Waals surface area contributed by atoms with Gasteiger partial charge in [0.15, 0.2) is 0 Å². The lowest BCUT2D eigenvalue weighted by Crippen LogP contribution is -2.29. The van der Waals surface area contributed by atoms with Gasteiger partial charge in [-0.15, -0.1) is 0 Å². The van der Waals surface area contributed by atoms with Crippen molar-refractivity contribution < 1.29 is 12.6 Å². The van der Waals surface area contributed by atoms with Gasteiger partial charge >= 0.3 is 10.1 Å². The molecule has 0 atom stereocenters. The molecule has 1 fully saturated rings. The molecule has 0 bridgehead atoms. The molecule has 4 aromatic rings. The molecule has 0 N–H and O–H groups in total. The molecule has 5 nitrogen and oxygen atoms in total. The van der Waals surface area contributed by atoms with Gasteiger partial charge in [0, 0.05) is 23.6 Å². The molecule has 3 aromatic carbocycles. The second kappa shape index (κ2) is 9.04. The van der Waals surface area contributed by atoms with E-state index in [9.17, 15) is 8.42 Å². The van der Waals surface area contributed by atoms with Crippen LogP contribution in [0.2, 0.25) is 0 Å². The minimum absolute atomic E-state index is 0.155. The molecule has 1 aliphatic heterocycles. The van der Waals surface area contributed by atoms with Crippen molar-refractivity contribution >= 4 is 21.0 Å². The zero-order valence-electron chi connectivity index (χ0n) is 18.7. The molecule has 0 unspecified atom stereocenters. The topological polar surface area (TPSA) is 51.5 Å². The van der Waals surface area contributed by atoms with Crippen LogP contribution in [-0.2, 0) is 16.7 Å². The molecule has 33 heavy (non-hydrogen) atoms. The van der Waals surface area contributed by atoms with Crippen LogP contribution in [0.5, 0.6) is 5.75 Å². The minimum atomic E-state index is -3.88. The molecule has 5 rings (SSSR count). The van der Waals surface area contributed by atoms with Gasteiger partial charge in [0.1, 0.15) is 10.6 Å².